The van der Waals surface area contributed by atoms with E-state index in [1.165, 1.54) is 16.5 Å². The van der Waals surface area contributed by atoms with Gasteiger partial charge in [0, 0.05) is 36.8 Å². The molecule has 4 N–H and O–H groups in total. The molecule has 2 rings (SSSR count). The Kier molecular flexibility index (Phi) is 6.82. The zero-order valence-electron chi connectivity index (χ0n) is 13.0. The van der Waals surface area contributed by atoms with Crippen molar-refractivity contribution < 1.29 is 24.5 Å². The van der Waals surface area contributed by atoms with E-state index in [0.29, 0.717) is 18.7 Å². The van der Waals surface area contributed by atoms with E-state index in [2.05, 4.69) is 29.7 Å². The lowest BCUT2D eigenvalue weighted by Gasteiger charge is -2.02. The van der Waals surface area contributed by atoms with Gasteiger partial charge < -0.3 is 25.3 Å². The minimum Gasteiger partial charge on any atom is -0.495 e. The van der Waals surface area contributed by atoms with Gasteiger partial charge in [0.25, 0.3) is 0 Å². The predicted octanol–water partition coefficient (Wildman–Crippen LogP) is 1.63. The lowest BCUT2D eigenvalue weighted by molar-refractivity contribution is -0.134. The maximum Gasteiger partial charge on any atom is 0.328 e. The third-order valence-electron chi connectivity index (χ3n) is 3.04. The van der Waals surface area contributed by atoms with E-state index < -0.39 is 11.9 Å². The van der Waals surface area contributed by atoms with Crippen LogP contribution in [0, 0.1) is 6.92 Å². The van der Waals surface area contributed by atoms with Crippen LogP contribution in [0.5, 0.6) is 5.75 Å². The van der Waals surface area contributed by atoms with Crippen LogP contribution in [0.15, 0.2) is 36.5 Å². The molecule has 0 aliphatic rings. The molecule has 0 fully saturated rings. The number of hydrogen-bond donors (Lipinski definition) is 3. The van der Waals surface area contributed by atoms with E-state index in [4.69, 9.17) is 20.7 Å². The van der Waals surface area contributed by atoms with Crippen molar-refractivity contribution in [2.75, 3.05) is 13.7 Å². The molecular weight excluding hydrogens is 300 g/mol. The van der Waals surface area contributed by atoms with Crippen LogP contribution in [-0.4, -0.2) is 40.4 Å². The fourth-order valence-corrected chi connectivity index (χ4v) is 2.11. The molecule has 23 heavy (non-hydrogen) atoms. The molecule has 124 valence electrons. The number of carbonyl (C=O) groups is 2. The van der Waals surface area contributed by atoms with Gasteiger partial charge in [-0.2, -0.15) is 0 Å². The maximum absolute atomic E-state index is 9.55. The Labute approximate surface area is 133 Å². The lowest BCUT2D eigenvalue weighted by atomic mass is 10.1. The van der Waals surface area contributed by atoms with Crippen molar-refractivity contribution >= 4 is 22.8 Å². The minimum atomic E-state index is -1.26. The highest BCUT2D eigenvalue weighted by atomic mass is 16.5. The van der Waals surface area contributed by atoms with Crippen LogP contribution in [0.1, 0.15) is 5.56 Å². The number of rotatable bonds is 5. The van der Waals surface area contributed by atoms with Crippen LogP contribution in [0.2, 0.25) is 0 Å². The number of methoxy groups -OCH3 is 1. The van der Waals surface area contributed by atoms with Crippen LogP contribution in [0.3, 0.4) is 0 Å². The monoisotopic (exact) mass is 320 g/mol. The van der Waals surface area contributed by atoms with Crippen LogP contribution in [0.4, 0.5) is 0 Å². The first-order valence-electron chi connectivity index (χ1n) is 6.87. The molecule has 0 amide bonds. The number of carboxylic acids is 2. The largest absolute Gasteiger partial charge is 0.495 e. The van der Waals surface area contributed by atoms with E-state index in [1.807, 2.05) is 6.20 Å². The second kappa shape index (κ2) is 8.60. The summed E-state index contributed by atoms with van der Waals surface area (Å²) < 4.78 is 7.51. The van der Waals surface area contributed by atoms with Gasteiger partial charge in [-0.3, -0.25) is 0 Å². The zero-order chi connectivity index (χ0) is 17.4. The number of ether oxygens (including phenoxy) is 1. The molecule has 1 heterocycles. The topological polar surface area (TPSA) is 115 Å². The summed E-state index contributed by atoms with van der Waals surface area (Å²) in [5.41, 5.74) is 8.01. The standard InChI is InChI=1S/C12H16N2O.C4H4O4/c1-9-4-3-5-10-12(9)11(15-2)8-14(10)7-6-13;5-3(6)1-2-4(7)8/h3-5,8H,6-7,13H2,1-2H3;1-2H,(H,5,6)(H,7,8)/b;2-1+. The highest BCUT2D eigenvalue weighted by Crippen LogP contribution is 2.30. The molecule has 2 aromatic rings. The van der Waals surface area contributed by atoms with E-state index in [1.54, 1.807) is 7.11 Å². The Balaban J connectivity index is 0.000000284. The fourth-order valence-electron chi connectivity index (χ4n) is 2.11. The van der Waals surface area contributed by atoms with Crippen molar-refractivity contribution in [3.8, 4) is 5.75 Å². The number of nitrogens with two attached hydrogens (primary N) is 1. The molecule has 1 aromatic carbocycles. The summed E-state index contributed by atoms with van der Waals surface area (Å²) in [5, 5.41) is 16.8. The van der Waals surface area contributed by atoms with E-state index in [-0.39, 0.29) is 0 Å². The van der Waals surface area contributed by atoms with Gasteiger partial charge in [-0.25, -0.2) is 9.59 Å². The summed E-state index contributed by atoms with van der Waals surface area (Å²) in [7, 11) is 1.70. The van der Waals surface area contributed by atoms with Crippen molar-refractivity contribution in [2.45, 2.75) is 13.5 Å². The molecule has 0 bridgehead atoms. The molecule has 0 aliphatic carbocycles. The smallest absolute Gasteiger partial charge is 0.328 e. The number of fused-ring (bicyclic) bond motifs is 1. The van der Waals surface area contributed by atoms with Gasteiger partial charge >= 0.3 is 11.9 Å². The van der Waals surface area contributed by atoms with Crippen molar-refractivity contribution in [1.82, 2.24) is 4.57 Å². The average molecular weight is 320 g/mol. The average Bonchev–Trinajstić information content (AvgIpc) is 2.86. The fraction of sp³-hybridized carbons (Fsp3) is 0.250. The molecule has 0 radical (unpaired) electrons. The Morgan fingerprint density at radius 1 is 1.26 bits per heavy atom. The molecule has 7 nitrogen and oxygen atoms in total. The summed E-state index contributed by atoms with van der Waals surface area (Å²) in [5.74, 6) is -1.59. The number of nitrogens with zero attached hydrogens (tertiary/aromatic N) is 1. The van der Waals surface area contributed by atoms with Crippen molar-refractivity contribution in [3.63, 3.8) is 0 Å². The molecule has 0 atom stereocenters. The zero-order valence-corrected chi connectivity index (χ0v) is 13.0. The Morgan fingerprint density at radius 2 is 1.87 bits per heavy atom. The van der Waals surface area contributed by atoms with Gasteiger partial charge in [0.05, 0.1) is 12.6 Å². The lowest BCUT2D eigenvalue weighted by Crippen LogP contribution is -2.08. The molecule has 0 saturated heterocycles. The summed E-state index contributed by atoms with van der Waals surface area (Å²) in [4.78, 5) is 19.1. The summed E-state index contributed by atoms with van der Waals surface area (Å²) in [6, 6.07) is 6.25. The van der Waals surface area contributed by atoms with Gasteiger partial charge in [0.1, 0.15) is 5.75 Å². The first-order chi connectivity index (χ1) is 10.9. The summed E-state index contributed by atoms with van der Waals surface area (Å²) in [6.07, 6.45) is 3.13. The van der Waals surface area contributed by atoms with Gasteiger partial charge in [-0.15, -0.1) is 0 Å². The Bertz CT molecular complexity index is 703. The molecule has 0 aliphatic heterocycles. The maximum atomic E-state index is 9.55. The SMILES string of the molecule is COc1cn(CCN)c2cccc(C)c12.O=C(O)/C=C/C(=O)O. The predicted molar refractivity (Wildman–Crippen MR) is 86.7 cm³/mol. The van der Waals surface area contributed by atoms with Crippen LogP contribution >= 0.6 is 0 Å². The van der Waals surface area contributed by atoms with Crippen LogP contribution < -0.4 is 10.5 Å². The number of benzene rings is 1. The number of aryl methyl sites for hydroxylation is 1. The number of carboxylic acid groups (broad SMARTS) is 2. The second-order valence-corrected chi connectivity index (χ2v) is 4.66. The third-order valence-corrected chi connectivity index (χ3v) is 3.04. The first kappa shape index (κ1) is 18.2. The Morgan fingerprint density at radius 3 is 2.35 bits per heavy atom. The Hall–Kier alpha value is -2.80. The third kappa shape index (κ3) is 5.15. The number of aliphatic carboxylic acids is 2. The summed E-state index contributed by atoms with van der Waals surface area (Å²) >= 11 is 0. The normalized spacial score (nSPS) is 10.4. The van der Waals surface area contributed by atoms with E-state index in [9.17, 15) is 9.59 Å². The van der Waals surface area contributed by atoms with E-state index in [0.717, 1.165) is 12.3 Å². The molecule has 1 aromatic heterocycles. The first-order valence-corrected chi connectivity index (χ1v) is 6.87. The molecule has 7 heteroatoms. The quantitative estimate of drug-likeness (QED) is 0.721. The number of aromatic nitrogens is 1. The van der Waals surface area contributed by atoms with Crippen molar-refractivity contribution in [2.24, 2.45) is 5.73 Å². The highest BCUT2D eigenvalue weighted by molar-refractivity contribution is 5.90. The van der Waals surface area contributed by atoms with Gasteiger partial charge in [-0.1, -0.05) is 12.1 Å². The van der Waals surface area contributed by atoms with Crippen molar-refractivity contribution in [3.05, 3.63) is 42.1 Å². The number of hydrogen-bond acceptors (Lipinski definition) is 4. The second-order valence-electron chi connectivity index (χ2n) is 4.66. The van der Waals surface area contributed by atoms with Crippen LogP contribution in [0.25, 0.3) is 10.9 Å². The molecule has 0 saturated carbocycles. The van der Waals surface area contributed by atoms with E-state index >= 15 is 0 Å². The van der Waals surface area contributed by atoms with Crippen molar-refractivity contribution in [1.29, 1.82) is 0 Å². The highest BCUT2D eigenvalue weighted by Gasteiger charge is 2.09. The van der Waals surface area contributed by atoms with Crippen LogP contribution in [-0.2, 0) is 16.1 Å². The summed E-state index contributed by atoms with van der Waals surface area (Å²) in [6.45, 7) is 3.56. The minimum absolute atomic E-state index is 0.558. The molecule has 0 unspecified atom stereocenters. The van der Waals surface area contributed by atoms with Gasteiger partial charge in [0.2, 0.25) is 0 Å². The van der Waals surface area contributed by atoms with Gasteiger partial charge in [0.15, 0.2) is 0 Å². The molecular formula is C16H20N2O5. The van der Waals surface area contributed by atoms with Gasteiger partial charge in [-0.05, 0) is 18.6 Å². The molecule has 0 spiro atoms.